The van der Waals surface area contributed by atoms with E-state index in [1.807, 2.05) is 0 Å². The number of pyridine rings is 1. The van der Waals surface area contributed by atoms with Gasteiger partial charge in [0.1, 0.15) is 23.6 Å². The number of hydrogen-bond acceptors (Lipinski definition) is 4. The molecule has 1 amide bonds. The molecule has 5 nitrogen and oxygen atoms in total. The van der Waals surface area contributed by atoms with Gasteiger partial charge < -0.3 is 15.4 Å². The van der Waals surface area contributed by atoms with Crippen molar-refractivity contribution in [2.75, 3.05) is 11.9 Å². The van der Waals surface area contributed by atoms with E-state index < -0.39 is 52.7 Å². The lowest BCUT2D eigenvalue weighted by Gasteiger charge is -2.43. The summed E-state index contributed by atoms with van der Waals surface area (Å²) in [5.74, 6) is -5.66. The number of nitrogens with one attached hydrogen (secondary N) is 2. The maximum atomic E-state index is 15.4. The minimum Gasteiger partial charge on any atom is -0.359 e. The van der Waals surface area contributed by atoms with E-state index in [1.54, 1.807) is 0 Å². The molecule has 0 bridgehead atoms. The number of anilines is 2. The van der Waals surface area contributed by atoms with Crippen molar-refractivity contribution >= 4 is 17.3 Å². The van der Waals surface area contributed by atoms with Gasteiger partial charge in [0.15, 0.2) is 0 Å². The number of halogens is 6. The molecule has 1 unspecified atom stereocenters. The average Bonchev–Trinajstić information content (AvgIpc) is 2.72. The molecule has 11 heteroatoms. The fourth-order valence-electron chi connectivity index (χ4n) is 3.38. The molecule has 1 atom stereocenters. The predicted octanol–water partition coefficient (Wildman–Crippen LogP) is 4.76. The number of amides is 1. The largest absolute Gasteiger partial charge is 0.417 e. The third kappa shape index (κ3) is 4.06. The average molecular weight is 447 g/mol. The third-order valence-corrected chi connectivity index (χ3v) is 5.20. The molecule has 0 saturated carbocycles. The van der Waals surface area contributed by atoms with E-state index in [4.69, 9.17) is 4.74 Å². The van der Waals surface area contributed by atoms with E-state index in [1.165, 1.54) is 6.07 Å². The van der Waals surface area contributed by atoms with Gasteiger partial charge in [-0.15, -0.1) is 0 Å². The van der Waals surface area contributed by atoms with Gasteiger partial charge in [0, 0.05) is 17.4 Å². The van der Waals surface area contributed by atoms with E-state index >= 15 is 8.78 Å². The Balaban J connectivity index is 2.05. The molecule has 1 aliphatic heterocycles. The fourth-order valence-corrected chi connectivity index (χ4v) is 3.38. The number of benzene rings is 1. The number of alkyl halides is 5. The minimum atomic E-state index is -4.63. The number of ether oxygens (including phenoxy) is 1. The molecule has 1 aromatic heterocycles. The highest BCUT2D eigenvalue weighted by Gasteiger charge is 2.64. The molecule has 3 rings (SSSR count). The van der Waals surface area contributed by atoms with Crippen molar-refractivity contribution in [2.24, 2.45) is 0 Å². The second-order valence-corrected chi connectivity index (χ2v) is 7.83. The van der Waals surface area contributed by atoms with Gasteiger partial charge in [-0.3, -0.25) is 9.78 Å². The van der Waals surface area contributed by atoms with Crippen LogP contribution in [0.3, 0.4) is 0 Å². The van der Waals surface area contributed by atoms with Crippen LogP contribution in [0.1, 0.15) is 31.9 Å². The summed E-state index contributed by atoms with van der Waals surface area (Å²) in [6.07, 6.45) is -2.91. The van der Waals surface area contributed by atoms with Crippen molar-refractivity contribution in [3.05, 3.63) is 53.6 Å². The van der Waals surface area contributed by atoms with Gasteiger partial charge in [-0.2, -0.15) is 13.2 Å². The van der Waals surface area contributed by atoms with Gasteiger partial charge >= 0.3 is 12.1 Å². The molecule has 168 valence electrons. The van der Waals surface area contributed by atoms with Crippen molar-refractivity contribution in [3.63, 3.8) is 0 Å². The van der Waals surface area contributed by atoms with E-state index in [-0.39, 0.29) is 11.4 Å². The maximum absolute atomic E-state index is 15.4. The lowest BCUT2D eigenvalue weighted by atomic mass is 9.77. The summed E-state index contributed by atoms with van der Waals surface area (Å²) >= 11 is 0. The highest BCUT2D eigenvalue weighted by atomic mass is 19.4. The highest BCUT2D eigenvalue weighted by molar-refractivity contribution is 5.79. The van der Waals surface area contributed by atoms with Crippen LogP contribution in [0, 0.1) is 5.82 Å². The summed E-state index contributed by atoms with van der Waals surface area (Å²) in [5.41, 5.74) is -6.27. The van der Waals surface area contributed by atoms with E-state index in [0.717, 1.165) is 45.2 Å². The standard InChI is InChI=1S/C20H19F6N3O2/c1-17(2)20(25,26)18(3,29-16(30)10-31-17)14-7-12(4-5-15(14)21)28-13-6-11(8-27-9-13)19(22,23)24/h4-9,28H,10H2,1-3H3,(H,29,30). The van der Waals surface area contributed by atoms with E-state index in [0.29, 0.717) is 6.20 Å². The van der Waals surface area contributed by atoms with Crippen LogP contribution in [0.4, 0.5) is 37.7 Å². The molecule has 1 saturated heterocycles. The smallest absolute Gasteiger partial charge is 0.359 e. The first-order valence-electron chi connectivity index (χ1n) is 9.09. The molecular formula is C20H19F6N3O2. The Morgan fingerprint density at radius 2 is 1.77 bits per heavy atom. The first-order valence-corrected chi connectivity index (χ1v) is 9.09. The molecule has 2 N–H and O–H groups in total. The third-order valence-electron chi connectivity index (χ3n) is 5.20. The Bertz CT molecular complexity index is 1010. The molecule has 1 aromatic carbocycles. The molecular weight excluding hydrogens is 428 g/mol. The number of nitrogens with zero attached hydrogens (tertiary/aromatic N) is 1. The SMILES string of the molecule is CC1(C)OCC(=O)NC(C)(c2cc(Nc3cncc(C(F)(F)F)c3)ccc2F)C1(F)F. The quantitative estimate of drug-likeness (QED) is 0.667. The lowest BCUT2D eigenvalue weighted by molar-refractivity contribution is -0.216. The fraction of sp³-hybridized carbons (Fsp3) is 0.400. The van der Waals surface area contributed by atoms with Gasteiger partial charge in [0.05, 0.1) is 17.4 Å². The predicted molar refractivity (Wildman–Crippen MR) is 99.4 cm³/mol. The van der Waals surface area contributed by atoms with Crippen LogP contribution >= 0.6 is 0 Å². The van der Waals surface area contributed by atoms with Gasteiger partial charge in [-0.1, -0.05) is 0 Å². The summed E-state index contributed by atoms with van der Waals surface area (Å²) in [4.78, 5) is 15.5. The van der Waals surface area contributed by atoms with Crippen LogP contribution in [-0.4, -0.2) is 29.0 Å². The monoisotopic (exact) mass is 447 g/mol. The Morgan fingerprint density at radius 1 is 1.10 bits per heavy atom. The van der Waals surface area contributed by atoms with Gasteiger partial charge in [0.2, 0.25) is 5.91 Å². The number of aromatic nitrogens is 1. The Labute approximate surface area is 173 Å². The number of carbonyl (C=O) groups excluding carboxylic acids is 1. The van der Waals surface area contributed by atoms with Crippen molar-refractivity contribution in [2.45, 2.75) is 44.0 Å². The first kappa shape index (κ1) is 22.9. The van der Waals surface area contributed by atoms with Gasteiger partial charge in [-0.25, -0.2) is 13.2 Å². The maximum Gasteiger partial charge on any atom is 0.417 e. The van der Waals surface area contributed by atoms with Gasteiger partial charge in [-0.05, 0) is 45.0 Å². The molecule has 31 heavy (non-hydrogen) atoms. The van der Waals surface area contributed by atoms with Crippen molar-refractivity contribution in [3.8, 4) is 0 Å². The zero-order valence-corrected chi connectivity index (χ0v) is 16.7. The van der Waals surface area contributed by atoms with Crippen LogP contribution in [-0.2, 0) is 21.2 Å². The summed E-state index contributed by atoms with van der Waals surface area (Å²) in [6, 6.07) is 3.83. The van der Waals surface area contributed by atoms with E-state index in [9.17, 15) is 22.4 Å². The molecule has 2 aromatic rings. The first-order chi connectivity index (χ1) is 14.2. The van der Waals surface area contributed by atoms with Crippen LogP contribution in [0.25, 0.3) is 0 Å². The molecule has 1 aliphatic rings. The van der Waals surface area contributed by atoms with Crippen molar-refractivity contribution in [1.29, 1.82) is 0 Å². The van der Waals surface area contributed by atoms with Crippen molar-refractivity contribution in [1.82, 2.24) is 10.3 Å². The molecule has 0 radical (unpaired) electrons. The molecule has 1 fully saturated rings. The molecule has 0 aliphatic carbocycles. The summed E-state index contributed by atoms with van der Waals surface area (Å²) in [7, 11) is 0. The number of rotatable bonds is 3. The Hall–Kier alpha value is -2.82. The molecule has 0 spiro atoms. The zero-order chi connectivity index (χ0) is 23.2. The number of hydrogen-bond donors (Lipinski definition) is 2. The van der Waals surface area contributed by atoms with Crippen molar-refractivity contribution < 1.29 is 35.9 Å². The Kier molecular flexibility index (Phi) is 5.45. The highest BCUT2D eigenvalue weighted by Crippen LogP contribution is 2.48. The molecule has 2 heterocycles. The minimum absolute atomic E-state index is 0.0202. The van der Waals surface area contributed by atoms with Crippen LogP contribution in [0.2, 0.25) is 0 Å². The topological polar surface area (TPSA) is 63.2 Å². The van der Waals surface area contributed by atoms with Gasteiger partial charge in [0.25, 0.3) is 0 Å². The number of carbonyl (C=O) groups is 1. The Morgan fingerprint density at radius 3 is 2.42 bits per heavy atom. The second-order valence-electron chi connectivity index (χ2n) is 7.83. The lowest BCUT2D eigenvalue weighted by Crippen LogP contribution is -2.62. The summed E-state index contributed by atoms with van der Waals surface area (Å²) < 4.78 is 89.2. The zero-order valence-electron chi connectivity index (χ0n) is 16.7. The van der Waals surface area contributed by atoms with Crippen LogP contribution in [0.15, 0.2) is 36.7 Å². The summed E-state index contributed by atoms with van der Waals surface area (Å²) in [5, 5.41) is 4.73. The normalized spacial score (nSPS) is 23.1. The van der Waals surface area contributed by atoms with Crippen LogP contribution in [0.5, 0.6) is 0 Å². The van der Waals surface area contributed by atoms with Crippen LogP contribution < -0.4 is 10.6 Å². The summed E-state index contributed by atoms with van der Waals surface area (Å²) in [6.45, 7) is 2.49. The second kappa shape index (κ2) is 7.40. The van der Waals surface area contributed by atoms with E-state index in [2.05, 4.69) is 15.6 Å².